The lowest BCUT2D eigenvalue weighted by molar-refractivity contribution is 0.919. The molecule has 0 spiro atoms. The van der Waals surface area contributed by atoms with E-state index in [0.29, 0.717) is 6.54 Å². The Morgan fingerprint density at radius 1 is 1.11 bits per heavy atom. The summed E-state index contributed by atoms with van der Waals surface area (Å²) in [6, 6.07) is 14.6. The minimum absolute atomic E-state index is 0.552. The minimum atomic E-state index is 0.552. The summed E-state index contributed by atoms with van der Waals surface area (Å²) in [5, 5.41) is 0. The van der Waals surface area contributed by atoms with Gasteiger partial charge >= 0.3 is 0 Å². The highest BCUT2D eigenvalue weighted by Crippen LogP contribution is 2.24. The molecule has 0 fully saturated rings. The highest BCUT2D eigenvalue weighted by Gasteiger charge is 2.05. The quantitative estimate of drug-likeness (QED) is 0.852. The summed E-state index contributed by atoms with van der Waals surface area (Å²) in [6.07, 6.45) is 0. The fraction of sp³-hybridized carbons (Fsp3) is 0.200. The van der Waals surface area contributed by atoms with Gasteiger partial charge in [0.1, 0.15) is 0 Å². The Hall–Kier alpha value is -0.840. The number of benzene rings is 2. The Morgan fingerprint density at radius 3 is 2.53 bits per heavy atom. The number of hydrogen-bond donors (Lipinski definition) is 1. The van der Waals surface area contributed by atoms with Crippen LogP contribution >= 0.6 is 31.9 Å². The SMILES string of the molecule is CN(Cc1cccc(Br)c1)c1ccc(CN)c(Br)c1. The van der Waals surface area contributed by atoms with Gasteiger partial charge < -0.3 is 10.6 Å². The summed E-state index contributed by atoms with van der Waals surface area (Å²) in [5.74, 6) is 0. The lowest BCUT2D eigenvalue weighted by atomic mass is 10.1. The Labute approximate surface area is 130 Å². The van der Waals surface area contributed by atoms with E-state index >= 15 is 0 Å². The van der Waals surface area contributed by atoms with Crippen LogP contribution < -0.4 is 10.6 Å². The van der Waals surface area contributed by atoms with Crippen molar-refractivity contribution in [3.05, 3.63) is 62.5 Å². The monoisotopic (exact) mass is 382 g/mol. The van der Waals surface area contributed by atoms with Crippen molar-refractivity contribution in [1.82, 2.24) is 0 Å². The third kappa shape index (κ3) is 3.81. The predicted molar refractivity (Wildman–Crippen MR) is 88.3 cm³/mol. The molecule has 0 aliphatic rings. The van der Waals surface area contributed by atoms with Crippen molar-refractivity contribution in [2.24, 2.45) is 5.73 Å². The summed E-state index contributed by atoms with van der Waals surface area (Å²) in [6.45, 7) is 1.42. The zero-order valence-electron chi connectivity index (χ0n) is 10.7. The van der Waals surface area contributed by atoms with Gasteiger partial charge in [0.25, 0.3) is 0 Å². The molecule has 0 saturated carbocycles. The number of nitrogens with zero attached hydrogens (tertiary/aromatic N) is 1. The van der Waals surface area contributed by atoms with Crippen LogP contribution in [0.25, 0.3) is 0 Å². The van der Waals surface area contributed by atoms with Crippen LogP contribution in [0.3, 0.4) is 0 Å². The molecule has 0 aliphatic carbocycles. The van der Waals surface area contributed by atoms with Gasteiger partial charge in [0.15, 0.2) is 0 Å². The number of hydrogen-bond acceptors (Lipinski definition) is 2. The zero-order chi connectivity index (χ0) is 13.8. The first kappa shape index (κ1) is 14.6. The van der Waals surface area contributed by atoms with Gasteiger partial charge in [-0.15, -0.1) is 0 Å². The van der Waals surface area contributed by atoms with E-state index in [0.717, 1.165) is 21.1 Å². The van der Waals surface area contributed by atoms with E-state index in [1.807, 2.05) is 6.07 Å². The maximum Gasteiger partial charge on any atom is 0.0426 e. The van der Waals surface area contributed by atoms with E-state index in [2.05, 4.69) is 80.2 Å². The van der Waals surface area contributed by atoms with Gasteiger partial charge in [-0.2, -0.15) is 0 Å². The molecule has 2 nitrogen and oxygen atoms in total. The zero-order valence-corrected chi connectivity index (χ0v) is 13.9. The molecule has 0 aliphatic heterocycles. The van der Waals surface area contributed by atoms with Crippen molar-refractivity contribution in [1.29, 1.82) is 0 Å². The van der Waals surface area contributed by atoms with E-state index in [1.165, 1.54) is 11.3 Å². The third-order valence-corrected chi connectivity index (χ3v) is 4.24. The molecule has 19 heavy (non-hydrogen) atoms. The van der Waals surface area contributed by atoms with E-state index in [1.54, 1.807) is 0 Å². The predicted octanol–water partition coefficient (Wildman–Crippen LogP) is 4.31. The van der Waals surface area contributed by atoms with Gasteiger partial charge in [0.05, 0.1) is 0 Å². The second-order valence-corrected chi connectivity index (χ2v) is 6.24. The lowest BCUT2D eigenvalue weighted by Gasteiger charge is -2.20. The first-order chi connectivity index (χ1) is 9.10. The number of halogens is 2. The van der Waals surface area contributed by atoms with Crippen LogP contribution in [0.1, 0.15) is 11.1 Å². The molecular formula is C15H16Br2N2. The van der Waals surface area contributed by atoms with Gasteiger partial charge in [0.2, 0.25) is 0 Å². The summed E-state index contributed by atoms with van der Waals surface area (Å²) >= 11 is 7.06. The van der Waals surface area contributed by atoms with Gasteiger partial charge in [-0.3, -0.25) is 0 Å². The van der Waals surface area contributed by atoms with Crippen molar-refractivity contribution in [3.63, 3.8) is 0 Å². The number of anilines is 1. The standard InChI is InChI=1S/C15H16Br2N2/c1-19(10-11-3-2-4-13(16)7-11)14-6-5-12(9-18)15(17)8-14/h2-8H,9-10,18H2,1H3. The van der Waals surface area contributed by atoms with E-state index in [9.17, 15) is 0 Å². The maximum absolute atomic E-state index is 5.67. The Balaban J connectivity index is 2.15. The average Bonchev–Trinajstić information content (AvgIpc) is 2.38. The third-order valence-electron chi connectivity index (χ3n) is 3.01. The van der Waals surface area contributed by atoms with Crippen LogP contribution in [0.5, 0.6) is 0 Å². The minimum Gasteiger partial charge on any atom is -0.370 e. The molecule has 0 heterocycles. The molecule has 4 heteroatoms. The molecular weight excluding hydrogens is 368 g/mol. The van der Waals surface area contributed by atoms with Crippen LogP contribution in [0.4, 0.5) is 5.69 Å². The molecule has 0 saturated heterocycles. The molecule has 0 unspecified atom stereocenters. The number of nitrogens with two attached hydrogens (primary N) is 1. The summed E-state index contributed by atoms with van der Waals surface area (Å²) in [5.41, 5.74) is 9.24. The lowest BCUT2D eigenvalue weighted by Crippen LogP contribution is -2.16. The van der Waals surface area contributed by atoms with Gasteiger partial charge in [-0.25, -0.2) is 0 Å². The van der Waals surface area contributed by atoms with Crippen molar-refractivity contribution in [3.8, 4) is 0 Å². The molecule has 2 rings (SSSR count). The molecule has 0 aromatic heterocycles. The molecule has 2 N–H and O–H groups in total. The van der Waals surface area contributed by atoms with Crippen molar-refractivity contribution >= 4 is 37.5 Å². The topological polar surface area (TPSA) is 29.3 Å². The fourth-order valence-electron chi connectivity index (χ4n) is 1.94. The Morgan fingerprint density at radius 2 is 1.89 bits per heavy atom. The fourth-order valence-corrected chi connectivity index (χ4v) is 2.91. The van der Waals surface area contributed by atoms with Crippen LogP contribution in [-0.2, 0) is 13.1 Å². The van der Waals surface area contributed by atoms with Crippen LogP contribution in [0.15, 0.2) is 51.4 Å². The largest absolute Gasteiger partial charge is 0.370 e. The van der Waals surface area contributed by atoms with Crippen LogP contribution in [0.2, 0.25) is 0 Å². The Bertz CT molecular complexity index is 570. The number of rotatable bonds is 4. The van der Waals surface area contributed by atoms with Crippen LogP contribution in [-0.4, -0.2) is 7.05 Å². The van der Waals surface area contributed by atoms with Gasteiger partial charge in [-0.05, 0) is 35.4 Å². The van der Waals surface area contributed by atoms with Gasteiger partial charge in [-0.1, -0.05) is 50.1 Å². The highest BCUT2D eigenvalue weighted by molar-refractivity contribution is 9.10. The molecule has 0 amide bonds. The molecule has 0 atom stereocenters. The van der Waals surface area contributed by atoms with E-state index in [4.69, 9.17) is 5.73 Å². The molecule has 0 bridgehead atoms. The summed E-state index contributed by atoms with van der Waals surface area (Å²) in [4.78, 5) is 2.22. The van der Waals surface area contributed by atoms with Crippen molar-refractivity contribution < 1.29 is 0 Å². The van der Waals surface area contributed by atoms with Crippen molar-refractivity contribution in [2.75, 3.05) is 11.9 Å². The highest BCUT2D eigenvalue weighted by atomic mass is 79.9. The summed E-state index contributed by atoms with van der Waals surface area (Å²) < 4.78 is 2.17. The molecule has 100 valence electrons. The smallest absolute Gasteiger partial charge is 0.0426 e. The summed E-state index contributed by atoms with van der Waals surface area (Å²) in [7, 11) is 2.09. The first-order valence-electron chi connectivity index (χ1n) is 6.04. The van der Waals surface area contributed by atoms with E-state index < -0.39 is 0 Å². The maximum atomic E-state index is 5.67. The molecule has 2 aromatic rings. The van der Waals surface area contributed by atoms with E-state index in [-0.39, 0.29) is 0 Å². The average molecular weight is 384 g/mol. The molecule has 2 aromatic carbocycles. The second-order valence-electron chi connectivity index (χ2n) is 4.47. The second kappa shape index (κ2) is 6.55. The molecule has 0 radical (unpaired) electrons. The normalized spacial score (nSPS) is 10.5. The van der Waals surface area contributed by atoms with Gasteiger partial charge in [0, 0.05) is 34.8 Å². The van der Waals surface area contributed by atoms with Crippen LogP contribution in [0, 0.1) is 0 Å². The van der Waals surface area contributed by atoms with Crippen molar-refractivity contribution in [2.45, 2.75) is 13.1 Å². The Kier molecular flexibility index (Phi) is 5.02. The first-order valence-corrected chi connectivity index (χ1v) is 7.63.